The molecule has 0 bridgehead atoms. The van der Waals surface area contributed by atoms with Gasteiger partial charge in [-0.3, -0.25) is 0 Å². The van der Waals surface area contributed by atoms with Gasteiger partial charge in [0.15, 0.2) is 0 Å². The van der Waals surface area contributed by atoms with Crippen LogP contribution in [0.1, 0.15) is 52.9 Å². The lowest BCUT2D eigenvalue weighted by Gasteiger charge is -2.21. The van der Waals surface area contributed by atoms with Crippen molar-refractivity contribution in [1.29, 1.82) is 0 Å². The highest BCUT2D eigenvalue weighted by molar-refractivity contribution is 4.80. The molecule has 1 rings (SSSR count). The first-order valence-corrected chi connectivity index (χ1v) is 5.97. The van der Waals surface area contributed by atoms with Crippen LogP contribution in [-0.4, -0.2) is 23.3 Å². The summed E-state index contributed by atoms with van der Waals surface area (Å²) in [5.41, 5.74) is -0.523. The average molecular weight is 199 g/mol. The first-order valence-electron chi connectivity index (χ1n) is 5.97. The minimum absolute atomic E-state index is 0.523. The van der Waals surface area contributed by atoms with Gasteiger partial charge in [0, 0.05) is 6.04 Å². The molecular formula is C12H25NO. The molecule has 0 radical (unpaired) electrons. The van der Waals surface area contributed by atoms with E-state index in [1.807, 2.05) is 13.8 Å². The maximum absolute atomic E-state index is 9.56. The van der Waals surface area contributed by atoms with Crippen molar-refractivity contribution in [1.82, 2.24) is 5.32 Å². The Morgan fingerprint density at radius 3 is 2.50 bits per heavy atom. The standard InChI is InChI=1S/C12H25NO/c1-4-11(9-10-5-6-10)13-8-7-12(2,3)14/h10-11,13-14H,4-9H2,1-3H3. The lowest BCUT2D eigenvalue weighted by Crippen LogP contribution is -2.33. The van der Waals surface area contributed by atoms with Crippen molar-refractivity contribution in [3.05, 3.63) is 0 Å². The van der Waals surface area contributed by atoms with Gasteiger partial charge < -0.3 is 10.4 Å². The zero-order valence-corrected chi connectivity index (χ0v) is 9.84. The molecule has 0 aliphatic heterocycles. The minimum Gasteiger partial charge on any atom is -0.390 e. The number of rotatable bonds is 7. The van der Waals surface area contributed by atoms with Crippen LogP contribution < -0.4 is 5.32 Å². The maximum atomic E-state index is 9.56. The van der Waals surface area contributed by atoms with Crippen LogP contribution in [0.15, 0.2) is 0 Å². The van der Waals surface area contributed by atoms with Crippen LogP contribution in [0.25, 0.3) is 0 Å². The molecular weight excluding hydrogens is 174 g/mol. The number of hydrogen-bond donors (Lipinski definition) is 2. The Kier molecular flexibility index (Phi) is 4.39. The predicted molar refractivity (Wildman–Crippen MR) is 60.3 cm³/mol. The van der Waals surface area contributed by atoms with Crippen molar-refractivity contribution in [3.63, 3.8) is 0 Å². The molecule has 0 aromatic rings. The quantitative estimate of drug-likeness (QED) is 0.659. The van der Waals surface area contributed by atoms with Crippen LogP contribution in [0, 0.1) is 5.92 Å². The molecule has 1 unspecified atom stereocenters. The monoisotopic (exact) mass is 199 g/mol. The molecule has 0 saturated heterocycles. The summed E-state index contributed by atoms with van der Waals surface area (Å²) in [5, 5.41) is 13.1. The van der Waals surface area contributed by atoms with E-state index in [-0.39, 0.29) is 0 Å². The predicted octanol–water partition coefficient (Wildman–Crippen LogP) is 2.32. The molecule has 84 valence electrons. The van der Waals surface area contributed by atoms with Crippen LogP contribution >= 0.6 is 0 Å². The SMILES string of the molecule is CCC(CC1CC1)NCCC(C)(C)O. The van der Waals surface area contributed by atoms with E-state index in [2.05, 4.69) is 12.2 Å². The third-order valence-corrected chi connectivity index (χ3v) is 2.98. The third-order valence-electron chi connectivity index (χ3n) is 2.98. The Bertz CT molecular complexity index is 158. The maximum Gasteiger partial charge on any atom is 0.0603 e. The van der Waals surface area contributed by atoms with E-state index in [1.165, 1.54) is 25.7 Å². The molecule has 0 spiro atoms. The Balaban J connectivity index is 2.07. The van der Waals surface area contributed by atoms with Gasteiger partial charge in [-0.2, -0.15) is 0 Å². The molecule has 0 aromatic heterocycles. The molecule has 1 saturated carbocycles. The molecule has 1 atom stereocenters. The lowest BCUT2D eigenvalue weighted by molar-refractivity contribution is 0.0701. The largest absolute Gasteiger partial charge is 0.390 e. The van der Waals surface area contributed by atoms with Crippen molar-refractivity contribution >= 4 is 0 Å². The Morgan fingerprint density at radius 1 is 1.43 bits per heavy atom. The molecule has 0 heterocycles. The number of aliphatic hydroxyl groups is 1. The molecule has 2 N–H and O–H groups in total. The van der Waals surface area contributed by atoms with Gasteiger partial charge in [-0.05, 0) is 45.6 Å². The fraction of sp³-hybridized carbons (Fsp3) is 1.00. The van der Waals surface area contributed by atoms with Gasteiger partial charge in [-0.25, -0.2) is 0 Å². The number of nitrogens with one attached hydrogen (secondary N) is 1. The molecule has 2 heteroatoms. The summed E-state index contributed by atoms with van der Waals surface area (Å²) >= 11 is 0. The third kappa shape index (κ3) is 5.61. The van der Waals surface area contributed by atoms with Crippen molar-refractivity contribution in [3.8, 4) is 0 Å². The summed E-state index contributed by atoms with van der Waals surface area (Å²) in [5.74, 6) is 0.995. The second-order valence-corrected chi connectivity index (χ2v) is 5.30. The van der Waals surface area contributed by atoms with Crippen molar-refractivity contribution in [2.24, 2.45) is 5.92 Å². The average Bonchev–Trinajstić information content (AvgIpc) is 2.84. The van der Waals surface area contributed by atoms with Crippen molar-refractivity contribution < 1.29 is 5.11 Å². The lowest BCUT2D eigenvalue weighted by atomic mass is 10.0. The van der Waals surface area contributed by atoms with Crippen LogP contribution in [0.5, 0.6) is 0 Å². The smallest absolute Gasteiger partial charge is 0.0603 e. The first-order chi connectivity index (χ1) is 6.51. The summed E-state index contributed by atoms with van der Waals surface area (Å²) in [7, 11) is 0. The van der Waals surface area contributed by atoms with E-state index in [4.69, 9.17) is 0 Å². The summed E-state index contributed by atoms with van der Waals surface area (Å²) in [6, 6.07) is 0.671. The van der Waals surface area contributed by atoms with Gasteiger partial charge in [-0.15, -0.1) is 0 Å². The minimum atomic E-state index is -0.523. The van der Waals surface area contributed by atoms with E-state index >= 15 is 0 Å². The van der Waals surface area contributed by atoms with Crippen molar-refractivity contribution in [2.75, 3.05) is 6.54 Å². The second-order valence-electron chi connectivity index (χ2n) is 5.30. The van der Waals surface area contributed by atoms with Crippen LogP contribution in [0.3, 0.4) is 0 Å². The summed E-state index contributed by atoms with van der Waals surface area (Å²) in [4.78, 5) is 0. The zero-order valence-electron chi connectivity index (χ0n) is 9.84. The molecule has 0 aromatic carbocycles. The molecule has 0 amide bonds. The van der Waals surface area contributed by atoms with E-state index in [1.54, 1.807) is 0 Å². The highest BCUT2D eigenvalue weighted by Crippen LogP contribution is 2.34. The Hall–Kier alpha value is -0.0800. The highest BCUT2D eigenvalue weighted by atomic mass is 16.3. The molecule has 1 aliphatic rings. The second kappa shape index (κ2) is 5.13. The van der Waals surface area contributed by atoms with Gasteiger partial charge in [0.25, 0.3) is 0 Å². The van der Waals surface area contributed by atoms with Crippen LogP contribution in [0.2, 0.25) is 0 Å². The van der Waals surface area contributed by atoms with E-state index < -0.39 is 5.60 Å². The normalized spacial score (nSPS) is 19.7. The Labute approximate surface area is 88.1 Å². The highest BCUT2D eigenvalue weighted by Gasteiger charge is 2.24. The first kappa shape index (κ1) is 12.0. The zero-order chi connectivity index (χ0) is 10.6. The van der Waals surface area contributed by atoms with Gasteiger partial charge in [-0.1, -0.05) is 19.8 Å². The topological polar surface area (TPSA) is 32.3 Å². The van der Waals surface area contributed by atoms with Gasteiger partial charge >= 0.3 is 0 Å². The van der Waals surface area contributed by atoms with Gasteiger partial charge in [0.05, 0.1) is 5.60 Å². The van der Waals surface area contributed by atoms with E-state index in [0.29, 0.717) is 6.04 Å². The van der Waals surface area contributed by atoms with Crippen LogP contribution in [0.4, 0.5) is 0 Å². The molecule has 1 aliphatic carbocycles. The van der Waals surface area contributed by atoms with E-state index in [9.17, 15) is 5.11 Å². The van der Waals surface area contributed by atoms with Gasteiger partial charge in [0.2, 0.25) is 0 Å². The van der Waals surface area contributed by atoms with Gasteiger partial charge in [0.1, 0.15) is 0 Å². The molecule has 14 heavy (non-hydrogen) atoms. The van der Waals surface area contributed by atoms with E-state index in [0.717, 1.165) is 18.9 Å². The molecule has 1 fully saturated rings. The van der Waals surface area contributed by atoms with Crippen molar-refractivity contribution in [2.45, 2.75) is 64.5 Å². The summed E-state index contributed by atoms with van der Waals surface area (Å²) in [6.45, 7) is 6.92. The Morgan fingerprint density at radius 2 is 2.07 bits per heavy atom. The fourth-order valence-corrected chi connectivity index (χ4v) is 1.73. The summed E-state index contributed by atoms with van der Waals surface area (Å²) < 4.78 is 0. The fourth-order valence-electron chi connectivity index (χ4n) is 1.73. The number of hydrogen-bond acceptors (Lipinski definition) is 2. The summed E-state index contributed by atoms with van der Waals surface area (Å²) in [6.07, 6.45) is 6.26. The van der Waals surface area contributed by atoms with Crippen LogP contribution in [-0.2, 0) is 0 Å². The molecule has 2 nitrogen and oxygen atoms in total.